The maximum absolute atomic E-state index is 12.1. The van der Waals surface area contributed by atoms with Crippen molar-refractivity contribution in [1.82, 2.24) is 9.97 Å². The number of ketones is 1. The third-order valence-electron chi connectivity index (χ3n) is 2.71. The topological polar surface area (TPSA) is 123 Å². The Kier molecular flexibility index (Phi) is 4.60. The van der Waals surface area contributed by atoms with Gasteiger partial charge in [0.05, 0.1) is 0 Å². The number of Topliss-reactive ketones (excluding diaryl/α,β-unsaturated/α-hetero) is 1. The molecule has 2 rings (SSSR count). The summed E-state index contributed by atoms with van der Waals surface area (Å²) in [7, 11) is -0.449. The van der Waals surface area contributed by atoms with Crippen molar-refractivity contribution in [3.05, 3.63) is 35.7 Å². The van der Waals surface area contributed by atoms with Gasteiger partial charge < -0.3 is 0 Å². The molecular formula is C13H10N3O4P. The average molecular weight is 303 g/mol. The van der Waals surface area contributed by atoms with Crippen LogP contribution in [0.3, 0.4) is 0 Å². The number of benzene rings is 1. The number of fused-ring (bicyclic) bond motifs is 1. The molecule has 0 bridgehead atoms. The van der Waals surface area contributed by atoms with Crippen molar-refractivity contribution in [2.24, 2.45) is 5.73 Å². The molecule has 0 amide bonds. The van der Waals surface area contributed by atoms with Crippen LogP contribution in [0.25, 0.3) is 11.0 Å². The molecule has 21 heavy (non-hydrogen) atoms. The number of hydrogen-bond donors (Lipinski definition) is 2. The first kappa shape index (κ1) is 15.1. The van der Waals surface area contributed by atoms with Crippen molar-refractivity contribution in [3.8, 4) is 5.63 Å². The van der Waals surface area contributed by atoms with Gasteiger partial charge in [-0.25, -0.2) is 0 Å². The average Bonchev–Trinajstić information content (AvgIpc) is 2.46. The first-order valence-corrected chi connectivity index (χ1v) is 6.71. The standard InChI is InChI=1S/C13H10N3O4P/c14-7(13(18)19)5-11(17)12-10(6-21-20)15-8-3-1-2-4-9(8)16-12/h1-4,7H,5,14H2,(H,18,19). The van der Waals surface area contributed by atoms with Crippen molar-refractivity contribution >= 4 is 30.7 Å². The van der Waals surface area contributed by atoms with E-state index in [4.69, 9.17) is 10.8 Å². The van der Waals surface area contributed by atoms with Crippen LogP contribution in [-0.2, 0) is 9.36 Å². The van der Waals surface area contributed by atoms with E-state index in [2.05, 4.69) is 15.6 Å². The van der Waals surface area contributed by atoms with E-state index < -0.39 is 32.1 Å². The van der Waals surface area contributed by atoms with Crippen LogP contribution in [0.2, 0.25) is 0 Å². The van der Waals surface area contributed by atoms with Gasteiger partial charge in [0.25, 0.3) is 0 Å². The van der Waals surface area contributed by atoms with E-state index in [1.807, 2.05) is 0 Å². The number of carboxylic acids is 1. The Bertz CT molecular complexity index is 831. The number of nitrogens with two attached hydrogens (primary N) is 1. The molecule has 106 valence electrons. The zero-order valence-electron chi connectivity index (χ0n) is 10.7. The second kappa shape index (κ2) is 6.41. The molecule has 7 nitrogen and oxygen atoms in total. The molecule has 0 aliphatic carbocycles. The van der Waals surface area contributed by atoms with E-state index in [-0.39, 0.29) is 11.4 Å². The summed E-state index contributed by atoms with van der Waals surface area (Å²) in [4.78, 5) is 31.1. The van der Waals surface area contributed by atoms with Crippen molar-refractivity contribution < 1.29 is 19.3 Å². The molecule has 0 radical (unpaired) electrons. The number of rotatable bonds is 4. The van der Waals surface area contributed by atoms with Gasteiger partial charge in [-0.1, -0.05) is 0 Å². The third kappa shape index (κ3) is 3.41. The van der Waals surface area contributed by atoms with Gasteiger partial charge in [-0.15, -0.1) is 0 Å². The molecule has 1 unspecified atom stereocenters. The van der Waals surface area contributed by atoms with Crippen molar-refractivity contribution in [2.75, 3.05) is 0 Å². The quantitative estimate of drug-likeness (QED) is 0.642. The van der Waals surface area contributed by atoms with Gasteiger partial charge in [0.1, 0.15) is 0 Å². The number of aliphatic carboxylic acids is 1. The molecule has 0 saturated carbocycles. The van der Waals surface area contributed by atoms with Gasteiger partial charge in [0.2, 0.25) is 0 Å². The third-order valence-corrected chi connectivity index (χ3v) is 3.01. The zero-order chi connectivity index (χ0) is 15.4. The summed E-state index contributed by atoms with van der Waals surface area (Å²) in [5, 5.41) is 8.74. The number of carbonyl (C=O) groups is 2. The molecule has 0 fully saturated rings. The molecule has 3 N–H and O–H groups in total. The van der Waals surface area contributed by atoms with Crippen molar-refractivity contribution in [1.29, 1.82) is 0 Å². The van der Waals surface area contributed by atoms with E-state index >= 15 is 0 Å². The van der Waals surface area contributed by atoms with Gasteiger partial charge in [-0.05, 0) is 0 Å². The van der Waals surface area contributed by atoms with Crippen molar-refractivity contribution in [3.63, 3.8) is 0 Å². The second-order valence-corrected chi connectivity index (χ2v) is 4.59. The first-order valence-electron chi connectivity index (χ1n) is 5.89. The van der Waals surface area contributed by atoms with Gasteiger partial charge >= 0.3 is 119 Å². The second-order valence-electron chi connectivity index (χ2n) is 4.18. The van der Waals surface area contributed by atoms with Gasteiger partial charge in [-0.2, -0.15) is 0 Å². The summed E-state index contributed by atoms with van der Waals surface area (Å²) in [5.74, 6) is -1.87. The van der Waals surface area contributed by atoms with Crippen molar-refractivity contribution in [2.45, 2.75) is 12.5 Å². The Morgan fingerprint density at radius 2 is 1.90 bits per heavy atom. The molecule has 1 aromatic heterocycles. The van der Waals surface area contributed by atoms with E-state index in [1.54, 1.807) is 24.3 Å². The number of para-hydroxylation sites is 2. The number of aromatic nitrogens is 2. The normalized spacial score (nSPS) is 11.7. The number of hydrogen-bond acceptors (Lipinski definition) is 6. The Labute approximate surface area is 120 Å². The van der Waals surface area contributed by atoms with E-state index in [9.17, 15) is 14.2 Å². The molecule has 0 aliphatic heterocycles. The van der Waals surface area contributed by atoms with Crippen LogP contribution >= 0.6 is 7.92 Å². The zero-order valence-corrected chi connectivity index (χ0v) is 11.6. The van der Waals surface area contributed by atoms with Gasteiger partial charge in [-0.3, -0.25) is 0 Å². The van der Waals surface area contributed by atoms with E-state index in [0.717, 1.165) is 0 Å². The van der Waals surface area contributed by atoms with E-state index in [0.29, 0.717) is 11.0 Å². The van der Waals surface area contributed by atoms with Crippen LogP contribution < -0.4 is 5.73 Å². The molecule has 0 aliphatic rings. The van der Waals surface area contributed by atoms with Crippen LogP contribution in [0.5, 0.6) is 0 Å². The predicted molar refractivity (Wildman–Crippen MR) is 74.7 cm³/mol. The molecule has 0 saturated heterocycles. The fourth-order valence-corrected chi connectivity index (χ4v) is 1.94. The van der Waals surface area contributed by atoms with Crippen LogP contribution in [0.1, 0.15) is 22.6 Å². The SMILES string of the molecule is NC(CC(=O)c1nc2ccccc2nc1C#P=O)C(=O)O. The molecule has 2 aromatic rings. The Balaban J connectivity index is 2.52. The molecule has 1 aromatic carbocycles. The van der Waals surface area contributed by atoms with Gasteiger partial charge in [0.15, 0.2) is 0 Å². The summed E-state index contributed by atoms with van der Waals surface area (Å²) in [5.41, 5.74) is 8.64. The molecule has 1 heterocycles. The molecule has 1 atom stereocenters. The summed E-state index contributed by atoms with van der Waals surface area (Å²) >= 11 is 0. The van der Waals surface area contributed by atoms with E-state index in [1.165, 1.54) is 0 Å². The number of carboxylic acid groups (broad SMARTS) is 1. The number of nitrogens with zero attached hydrogens (tertiary/aromatic N) is 2. The van der Waals surface area contributed by atoms with Crippen LogP contribution in [0.15, 0.2) is 24.3 Å². The number of carbonyl (C=O) groups excluding carboxylic acids is 1. The fraction of sp³-hybridized carbons (Fsp3) is 0.154. The van der Waals surface area contributed by atoms with Crippen LogP contribution in [0.4, 0.5) is 0 Å². The van der Waals surface area contributed by atoms with Crippen LogP contribution in [0, 0.1) is 5.63 Å². The monoisotopic (exact) mass is 303 g/mol. The van der Waals surface area contributed by atoms with Crippen LogP contribution in [-0.4, -0.2) is 32.9 Å². The Hall–Kier alpha value is -2.33. The Morgan fingerprint density at radius 3 is 2.48 bits per heavy atom. The summed E-state index contributed by atoms with van der Waals surface area (Å²) in [6.45, 7) is 0. The van der Waals surface area contributed by atoms with Gasteiger partial charge in [0, 0.05) is 0 Å². The predicted octanol–water partition coefficient (Wildman–Crippen LogP) is 1.21. The summed E-state index contributed by atoms with van der Waals surface area (Å²) < 4.78 is 10.7. The minimum atomic E-state index is -1.33. The summed E-state index contributed by atoms with van der Waals surface area (Å²) in [6.07, 6.45) is -0.424. The Morgan fingerprint density at radius 1 is 1.29 bits per heavy atom. The summed E-state index contributed by atoms with van der Waals surface area (Å²) in [6, 6.07) is 5.50. The molecular weight excluding hydrogens is 293 g/mol. The maximum atomic E-state index is 12.1. The first-order chi connectivity index (χ1) is 10.0. The molecule has 0 spiro atoms. The fourth-order valence-electron chi connectivity index (χ4n) is 1.70. The minimum absolute atomic E-state index is 0.0213. The molecule has 8 heteroatoms.